The summed E-state index contributed by atoms with van der Waals surface area (Å²) in [4.78, 5) is 0. The first kappa shape index (κ1) is 13.0. The van der Waals surface area contributed by atoms with Crippen LogP contribution in [0.2, 0.25) is 0 Å². The topological polar surface area (TPSA) is 30.5 Å². The highest BCUT2D eigenvalue weighted by Crippen LogP contribution is 2.16. The van der Waals surface area contributed by atoms with Crippen LogP contribution in [0.25, 0.3) is 0 Å². The van der Waals surface area contributed by atoms with Crippen molar-refractivity contribution in [3.05, 3.63) is 42.2 Å². The third kappa shape index (κ3) is 3.77. The van der Waals surface area contributed by atoms with E-state index in [1.807, 2.05) is 30.3 Å². The minimum atomic E-state index is 0.160. The van der Waals surface area contributed by atoms with Gasteiger partial charge in [-0.25, -0.2) is 0 Å². The largest absolute Gasteiger partial charge is 0.496 e. The van der Waals surface area contributed by atoms with Crippen LogP contribution in [0, 0.1) is 0 Å². The first-order valence-corrected chi connectivity index (χ1v) is 6.64. The van der Waals surface area contributed by atoms with Gasteiger partial charge in [0.2, 0.25) is 0 Å². The molecular formula is C15H21NO2. The first-order chi connectivity index (χ1) is 8.90. The Balaban J connectivity index is 1.88. The Bertz CT molecular complexity index is 375. The van der Waals surface area contributed by atoms with E-state index in [0.717, 1.165) is 37.5 Å². The van der Waals surface area contributed by atoms with Gasteiger partial charge in [0.1, 0.15) is 18.1 Å². The van der Waals surface area contributed by atoms with Gasteiger partial charge in [0.15, 0.2) is 0 Å². The van der Waals surface area contributed by atoms with Crippen LogP contribution in [-0.4, -0.2) is 25.8 Å². The van der Waals surface area contributed by atoms with Crippen molar-refractivity contribution in [1.82, 2.24) is 5.32 Å². The van der Waals surface area contributed by atoms with Crippen molar-refractivity contribution in [1.29, 1.82) is 0 Å². The summed E-state index contributed by atoms with van der Waals surface area (Å²) in [6, 6.07) is 10.1. The molecule has 1 atom stereocenters. The smallest absolute Gasteiger partial charge is 0.119 e. The third-order valence-corrected chi connectivity index (χ3v) is 2.88. The standard InChI is InChI=1S/C15H21NO2/c1-2-10-16-14(15-9-6-11-17-15)12-18-13-7-4-3-5-8-13/h3-5,7-9,14,16H,2,6,10-12H2,1H3. The van der Waals surface area contributed by atoms with Crippen LogP contribution in [0.1, 0.15) is 19.8 Å². The number of nitrogens with one attached hydrogen (secondary N) is 1. The molecule has 3 heteroatoms. The SMILES string of the molecule is CCCNC(COc1ccccc1)C1=CCCO1. The van der Waals surface area contributed by atoms with Crippen molar-refractivity contribution in [2.24, 2.45) is 0 Å². The zero-order valence-electron chi connectivity index (χ0n) is 10.9. The van der Waals surface area contributed by atoms with Crippen LogP contribution in [0.15, 0.2) is 42.2 Å². The summed E-state index contributed by atoms with van der Waals surface area (Å²) in [5.74, 6) is 1.93. The fourth-order valence-corrected chi connectivity index (χ4v) is 1.94. The van der Waals surface area contributed by atoms with E-state index in [0.29, 0.717) is 6.61 Å². The van der Waals surface area contributed by atoms with Crippen molar-refractivity contribution >= 4 is 0 Å². The van der Waals surface area contributed by atoms with E-state index in [1.165, 1.54) is 0 Å². The predicted molar refractivity (Wildman–Crippen MR) is 72.7 cm³/mol. The average molecular weight is 247 g/mol. The molecule has 1 aromatic rings. The second kappa shape index (κ2) is 7.07. The molecule has 18 heavy (non-hydrogen) atoms. The van der Waals surface area contributed by atoms with Crippen molar-refractivity contribution in [2.75, 3.05) is 19.8 Å². The van der Waals surface area contributed by atoms with Crippen LogP contribution in [0.5, 0.6) is 5.75 Å². The Morgan fingerprint density at radius 2 is 2.17 bits per heavy atom. The van der Waals surface area contributed by atoms with E-state index in [4.69, 9.17) is 9.47 Å². The van der Waals surface area contributed by atoms with Gasteiger partial charge in [-0.3, -0.25) is 0 Å². The van der Waals surface area contributed by atoms with E-state index >= 15 is 0 Å². The molecule has 0 spiro atoms. The number of hydrogen-bond donors (Lipinski definition) is 1. The fraction of sp³-hybridized carbons (Fsp3) is 0.467. The van der Waals surface area contributed by atoms with E-state index in [1.54, 1.807) is 0 Å². The Morgan fingerprint density at radius 3 is 2.83 bits per heavy atom. The molecular weight excluding hydrogens is 226 g/mol. The highest BCUT2D eigenvalue weighted by atomic mass is 16.5. The molecule has 2 rings (SSSR count). The van der Waals surface area contributed by atoms with Gasteiger partial charge >= 0.3 is 0 Å². The first-order valence-electron chi connectivity index (χ1n) is 6.64. The Labute approximate surface area is 109 Å². The summed E-state index contributed by atoms with van der Waals surface area (Å²) in [5.41, 5.74) is 0. The minimum Gasteiger partial charge on any atom is -0.496 e. The predicted octanol–water partition coefficient (Wildman–Crippen LogP) is 2.74. The van der Waals surface area contributed by atoms with E-state index in [-0.39, 0.29) is 6.04 Å². The molecule has 98 valence electrons. The lowest BCUT2D eigenvalue weighted by Gasteiger charge is -2.20. The average Bonchev–Trinajstić information content (AvgIpc) is 2.94. The quantitative estimate of drug-likeness (QED) is 0.803. The molecule has 1 N–H and O–H groups in total. The van der Waals surface area contributed by atoms with Gasteiger partial charge in [0, 0.05) is 6.42 Å². The van der Waals surface area contributed by atoms with Crippen LogP contribution in [0.4, 0.5) is 0 Å². The molecule has 1 unspecified atom stereocenters. The number of hydrogen-bond acceptors (Lipinski definition) is 3. The van der Waals surface area contributed by atoms with Gasteiger partial charge in [-0.2, -0.15) is 0 Å². The Kier molecular flexibility index (Phi) is 5.09. The van der Waals surface area contributed by atoms with Crippen LogP contribution in [-0.2, 0) is 4.74 Å². The summed E-state index contributed by atoms with van der Waals surface area (Å²) in [6.45, 7) is 4.54. The molecule has 1 aliphatic rings. The highest BCUT2D eigenvalue weighted by molar-refractivity contribution is 5.21. The molecule has 0 saturated heterocycles. The maximum atomic E-state index is 5.79. The molecule has 1 aromatic carbocycles. The molecule has 0 radical (unpaired) electrons. The number of para-hydroxylation sites is 1. The second-order valence-corrected chi connectivity index (χ2v) is 4.37. The summed E-state index contributed by atoms with van der Waals surface area (Å²) < 4.78 is 11.4. The van der Waals surface area contributed by atoms with Gasteiger partial charge in [0.05, 0.1) is 12.6 Å². The summed E-state index contributed by atoms with van der Waals surface area (Å²) in [5, 5.41) is 3.46. The Morgan fingerprint density at radius 1 is 1.33 bits per heavy atom. The maximum Gasteiger partial charge on any atom is 0.119 e. The Hall–Kier alpha value is -1.48. The zero-order valence-corrected chi connectivity index (χ0v) is 10.9. The van der Waals surface area contributed by atoms with Gasteiger partial charge < -0.3 is 14.8 Å². The lowest BCUT2D eigenvalue weighted by atomic mass is 10.2. The van der Waals surface area contributed by atoms with Crippen LogP contribution < -0.4 is 10.1 Å². The number of rotatable bonds is 7. The number of benzene rings is 1. The van der Waals surface area contributed by atoms with E-state index in [2.05, 4.69) is 18.3 Å². The van der Waals surface area contributed by atoms with Gasteiger partial charge in [-0.05, 0) is 31.2 Å². The summed E-state index contributed by atoms with van der Waals surface area (Å²) >= 11 is 0. The molecule has 0 amide bonds. The van der Waals surface area contributed by atoms with Gasteiger partial charge in [0.25, 0.3) is 0 Å². The molecule has 0 saturated carbocycles. The van der Waals surface area contributed by atoms with Crippen molar-refractivity contribution in [3.8, 4) is 5.75 Å². The third-order valence-electron chi connectivity index (χ3n) is 2.88. The summed E-state index contributed by atoms with van der Waals surface area (Å²) in [6.07, 6.45) is 4.27. The van der Waals surface area contributed by atoms with Gasteiger partial charge in [-0.1, -0.05) is 25.1 Å². The molecule has 1 heterocycles. The van der Waals surface area contributed by atoms with Crippen LogP contribution in [0.3, 0.4) is 0 Å². The molecule has 0 aliphatic carbocycles. The molecule has 1 aliphatic heterocycles. The van der Waals surface area contributed by atoms with Crippen molar-refractivity contribution < 1.29 is 9.47 Å². The zero-order chi connectivity index (χ0) is 12.6. The maximum absolute atomic E-state index is 5.79. The van der Waals surface area contributed by atoms with Crippen molar-refractivity contribution in [3.63, 3.8) is 0 Å². The lowest BCUT2D eigenvalue weighted by Crippen LogP contribution is -2.37. The molecule has 0 bridgehead atoms. The summed E-state index contributed by atoms with van der Waals surface area (Å²) in [7, 11) is 0. The highest BCUT2D eigenvalue weighted by Gasteiger charge is 2.18. The fourth-order valence-electron chi connectivity index (χ4n) is 1.94. The number of ether oxygens (including phenoxy) is 2. The monoisotopic (exact) mass is 247 g/mol. The molecule has 0 aromatic heterocycles. The molecule has 3 nitrogen and oxygen atoms in total. The van der Waals surface area contributed by atoms with Gasteiger partial charge in [-0.15, -0.1) is 0 Å². The second-order valence-electron chi connectivity index (χ2n) is 4.37. The lowest BCUT2D eigenvalue weighted by molar-refractivity contribution is 0.183. The molecule has 0 fully saturated rings. The van der Waals surface area contributed by atoms with Crippen molar-refractivity contribution in [2.45, 2.75) is 25.8 Å². The van der Waals surface area contributed by atoms with E-state index in [9.17, 15) is 0 Å². The van der Waals surface area contributed by atoms with Crippen LogP contribution >= 0.6 is 0 Å². The van der Waals surface area contributed by atoms with E-state index < -0.39 is 0 Å². The minimum absolute atomic E-state index is 0.160. The normalized spacial score (nSPS) is 15.9.